The molecule has 158 valence electrons. The number of halogens is 6. The van der Waals surface area contributed by atoms with Crippen LogP contribution in [0.3, 0.4) is 0 Å². The van der Waals surface area contributed by atoms with Crippen LogP contribution >= 0.6 is 0 Å². The van der Waals surface area contributed by atoms with Gasteiger partial charge in [-0.1, -0.05) is 12.1 Å². The topological polar surface area (TPSA) is 46.6 Å². The number of rotatable bonds is 4. The van der Waals surface area contributed by atoms with Gasteiger partial charge < -0.3 is 4.74 Å². The maximum absolute atomic E-state index is 12.9. The van der Waals surface area contributed by atoms with E-state index >= 15 is 0 Å². The van der Waals surface area contributed by atoms with Gasteiger partial charge in [0.15, 0.2) is 5.92 Å². The van der Waals surface area contributed by atoms with E-state index in [-0.39, 0.29) is 22.7 Å². The summed E-state index contributed by atoms with van der Waals surface area (Å²) in [5.74, 6) is -4.34. The number of alkyl halides is 6. The first-order chi connectivity index (χ1) is 13.9. The Labute approximate surface area is 166 Å². The number of carbonyl (C=O) groups is 2. The zero-order valence-electron chi connectivity index (χ0n) is 15.2. The predicted octanol–water partition coefficient (Wildman–Crippen LogP) is 5.42. The minimum Gasteiger partial charge on any atom is -0.457 e. The number of carbonyl (C=O) groups excluding carboxylic acids is 2. The van der Waals surface area contributed by atoms with Gasteiger partial charge in [-0.3, -0.25) is 9.59 Å². The highest BCUT2D eigenvalue weighted by Crippen LogP contribution is 2.47. The Hall–Kier alpha value is -3.30. The molecular weight excluding hydrogens is 416 g/mol. The van der Waals surface area contributed by atoms with Gasteiger partial charge >= 0.3 is 12.4 Å². The van der Waals surface area contributed by atoms with E-state index in [9.17, 15) is 35.9 Å². The fraction of sp³-hybridized carbons (Fsp3) is 0.200. The van der Waals surface area contributed by atoms with E-state index in [4.69, 9.17) is 4.74 Å². The monoisotopic (exact) mass is 429 g/mol. The Morgan fingerprint density at radius 2 is 1.37 bits per heavy atom. The van der Waals surface area contributed by atoms with Gasteiger partial charge in [-0.25, -0.2) is 4.90 Å². The molecule has 0 bridgehead atoms. The van der Waals surface area contributed by atoms with Crippen LogP contribution in [0.25, 0.3) is 0 Å². The van der Waals surface area contributed by atoms with Gasteiger partial charge in [0, 0.05) is 12.2 Å². The Bertz CT molecular complexity index is 977. The fourth-order valence-corrected chi connectivity index (χ4v) is 2.98. The van der Waals surface area contributed by atoms with Crippen LogP contribution in [-0.4, -0.2) is 24.2 Å². The molecule has 0 saturated heterocycles. The Morgan fingerprint density at radius 1 is 0.833 bits per heavy atom. The number of hydrogen-bond acceptors (Lipinski definition) is 3. The first kappa shape index (κ1) is 21.4. The SMILES string of the molecule is Cc1cc(C(C(F)(F)F)C(F)(F)F)ccc1Oc1ccc(N2C(=O)C=CC2=O)cc1. The van der Waals surface area contributed by atoms with E-state index in [1.807, 2.05) is 0 Å². The first-order valence-corrected chi connectivity index (χ1v) is 8.46. The molecule has 1 heterocycles. The highest BCUT2D eigenvalue weighted by atomic mass is 19.4. The first-order valence-electron chi connectivity index (χ1n) is 8.46. The van der Waals surface area contributed by atoms with E-state index in [1.54, 1.807) is 0 Å². The van der Waals surface area contributed by atoms with Crippen LogP contribution in [0.4, 0.5) is 32.0 Å². The Balaban J connectivity index is 1.81. The molecule has 0 radical (unpaired) electrons. The van der Waals surface area contributed by atoms with Crippen molar-refractivity contribution < 1.29 is 40.7 Å². The van der Waals surface area contributed by atoms with Gasteiger partial charge in [-0.2, -0.15) is 26.3 Å². The van der Waals surface area contributed by atoms with Crippen LogP contribution in [0.5, 0.6) is 11.5 Å². The van der Waals surface area contributed by atoms with Crippen molar-refractivity contribution in [2.45, 2.75) is 25.2 Å². The quantitative estimate of drug-likeness (QED) is 0.481. The Kier molecular flexibility index (Phi) is 5.36. The summed E-state index contributed by atoms with van der Waals surface area (Å²) in [5, 5.41) is 0. The average Bonchev–Trinajstić information content (AvgIpc) is 2.94. The molecule has 1 aliphatic heterocycles. The highest BCUT2D eigenvalue weighted by molar-refractivity contribution is 6.28. The molecular formula is C20H13F6NO3. The minimum atomic E-state index is -5.48. The van der Waals surface area contributed by atoms with E-state index in [1.165, 1.54) is 31.2 Å². The third kappa shape index (κ3) is 4.32. The molecule has 0 N–H and O–H groups in total. The van der Waals surface area contributed by atoms with Crippen molar-refractivity contribution in [3.05, 3.63) is 65.7 Å². The molecule has 0 atom stereocenters. The molecule has 1 aliphatic rings. The zero-order valence-corrected chi connectivity index (χ0v) is 15.2. The molecule has 2 aromatic carbocycles. The molecule has 0 fully saturated rings. The summed E-state index contributed by atoms with van der Waals surface area (Å²) in [6, 6.07) is 8.20. The van der Waals surface area contributed by atoms with Crippen molar-refractivity contribution in [1.82, 2.24) is 0 Å². The van der Waals surface area contributed by atoms with Gasteiger partial charge in [0.1, 0.15) is 11.5 Å². The number of anilines is 1. The van der Waals surface area contributed by atoms with Crippen LogP contribution in [0, 0.1) is 6.92 Å². The van der Waals surface area contributed by atoms with Crippen LogP contribution in [0.1, 0.15) is 17.0 Å². The van der Waals surface area contributed by atoms with E-state index in [2.05, 4.69) is 0 Å². The molecule has 30 heavy (non-hydrogen) atoms. The molecule has 3 rings (SSSR count). The lowest BCUT2D eigenvalue weighted by atomic mass is 9.96. The number of hydrogen-bond donors (Lipinski definition) is 0. The molecule has 10 heteroatoms. The van der Waals surface area contributed by atoms with Crippen LogP contribution in [0.15, 0.2) is 54.6 Å². The predicted molar refractivity (Wildman–Crippen MR) is 94.2 cm³/mol. The molecule has 0 aromatic heterocycles. The van der Waals surface area contributed by atoms with Crippen molar-refractivity contribution in [2.75, 3.05) is 4.90 Å². The number of ether oxygens (including phenoxy) is 1. The average molecular weight is 429 g/mol. The van der Waals surface area contributed by atoms with Crippen molar-refractivity contribution >= 4 is 17.5 Å². The summed E-state index contributed by atoms with van der Waals surface area (Å²) in [5.41, 5.74) is -0.578. The minimum absolute atomic E-state index is 0.0598. The standard InChI is InChI=1S/C20H13F6NO3/c1-11-10-12(18(19(21,22)23)20(24,25)26)2-7-15(11)30-14-5-3-13(4-6-14)27-16(28)8-9-17(27)29/h2-10,18H,1H3. The number of nitrogens with zero attached hydrogens (tertiary/aromatic N) is 1. The molecule has 0 unspecified atom stereocenters. The fourth-order valence-electron chi connectivity index (χ4n) is 2.98. The third-order valence-corrected chi connectivity index (χ3v) is 4.32. The zero-order chi connectivity index (χ0) is 22.3. The second-order valence-corrected chi connectivity index (χ2v) is 6.48. The summed E-state index contributed by atoms with van der Waals surface area (Å²) in [6.07, 6.45) is -8.73. The summed E-state index contributed by atoms with van der Waals surface area (Å²) < 4.78 is 82.9. The summed E-state index contributed by atoms with van der Waals surface area (Å²) in [7, 11) is 0. The summed E-state index contributed by atoms with van der Waals surface area (Å²) in [4.78, 5) is 24.3. The van der Waals surface area contributed by atoms with Crippen LogP contribution in [-0.2, 0) is 9.59 Å². The molecule has 0 spiro atoms. The number of benzene rings is 2. The van der Waals surface area contributed by atoms with Crippen molar-refractivity contribution in [3.8, 4) is 11.5 Å². The largest absolute Gasteiger partial charge is 0.457 e. The molecule has 2 aromatic rings. The van der Waals surface area contributed by atoms with E-state index < -0.39 is 35.6 Å². The highest BCUT2D eigenvalue weighted by Gasteiger charge is 2.57. The maximum atomic E-state index is 12.9. The third-order valence-electron chi connectivity index (χ3n) is 4.32. The van der Waals surface area contributed by atoms with Crippen molar-refractivity contribution in [2.24, 2.45) is 0 Å². The summed E-state index contributed by atoms with van der Waals surface area (Å²) >= 11 is 0. The van der Waals surface area contributed by atoms with Crippen LogP contribution < -0.4 is 9.64 Å². The summed E-state index contributed by atoms with van der Waals surface area (Å²) in [6.45, 7) is 1.32. The molecule has 0 saturated carbocycles. The molecule has 4 nitrogen and oxygen atoms in total. The van der Waals surface area contributed by atoms with Gasteiger partial charge in [-0.15, -0.1) is 0 Å². The van der Waals surface area contributed by atoms with Gasteiger partial charge in [0.25, 0.3) is 11.8 Å². The van der Waals surface area contributed by atoms with E-state index in [0.717, 1.165) is 35.3 Å². The second-order valence-electron chi connectivity index (χ2n) is 6.48. The number of imide groups is 1. The molecule has 0 aliphatic carbocycles. The molecule has 2 amide bonds. The van der Waals surface area contributed by atoms with Crippen molar-refractivity contribution in [1.29, 1.82) is 0 Å². The Morgan fingerprint density at radius 3 is 1.83 bits per heavy atom. The van der Waals surface area contributed by atoms with Gasteiger partial charge in [-0.05, 0) is 48.4 Å². The normalized spacial score (nSPS) is 14.7. The van der Waals surface area contributed by atoms with Gasteiger partial charge in [0.05, 0.1) is 5.69 Å². The second kappa shape index (κ2) is 7.51. The lowest BCUT2D eigenvalue weighted by molar-refractivity contribution is -0.253. The van der Waals surface area contributed by atoms with Crippen molar-refractivity contribution in [3.63, 3.8) is 0 Å². The lowest BCUT2D eigenvalue weighted by Gasteiger charge is -2.24. The maximum Gasteiger partial charge on any atom is 0.404 e. The van der Waals surface area contributed by atoms with E-state index in [0.29, 0.717) is 0 Å². The number of amides is 2. The smallest absolute Gasteiger partial charge is 0.404 e. The van der Waals surface area contributed by atoms with Crippen LogP contribution in [0.2, 0.25) is 0 Å². The van der Waals surface area contributed by atoms with Gasteiger partial charge in [0.2, 0.25) is 0 Å². The number of aryl methyl sites for hydroxylation is 1. The lowest BCUT2D eigenvalue weighted by Crippen LogP contribution is -2.34.